The normalized spacial score (nSPS) is 9.81. The highest BCUT2D eigenvalue weighted by atomic mass is 32.2. The quantitative estimate of drug-likeness (QED) is 0.356. The van der Waals surface area contributed by atoms with Crippen LogP contribution < -0.4 is 5.56 Å². The van der Waals surface area contributed by atoms with Gasteiger partial charge in [-0.25, -0.2) is 4.98 Å². The number of aromatic amines is 1. The molecule has 0 aromatic carbocycles. The van der Waals surface area contributed by atoms with E-state index in [-0.39, 0.29) is 12.0 Å². The van der Waals surface area contributed by atoms with Crippen molar-refractivity contribution in [3.63, 3.8) is 0 Å². The molecule has 6 heteroatoms. The van der Waals surface area contributed by atoms with Crippen LogP contribution in [0.15, 0.2) is 28.7 Å². The molecule has 5 nitrogen and oxygen atoms in total. The van der Waals surface area contributed by atoms with Crippen LogP contribution in [-0.4, -0.2) is 28.8 Å². The molecule has 16 heavy (non-hydrogen) atoms. The Bertz CT molecular complexity index is 442. The second kappa shape index (κ2) is 6.12. The molecule has 0 bridgehead atoms. The van der Waals surface area contributed by atoms with Gasteiger partial charge in [-0.15, -0.1) is 6.58 Å². The molecule has 1 rings (SSSR count). The van der Waals surface area contributed by atoms with Crippen LogP contribution in [-0.2, 0) is 16.0 Å². The number of aromatic nitrogens is 2. The van der Waals surface area contributed by atoms with Gasteiger partial charge in [0.1, 0.15) is 0 Å². The number of carbonyl (C=O) groups excluding carboxylic acids is 1. The zero-order valence-corrected chi connectivity index (χ0v) is 9.67. The van der Waals surface area contributed by atoms with Crippen molar-refractivity contribution in [1.82, 2.24) is 9.97 Å². The number of nitrogens with one attached hydrogen (secondary N) is 1. The van der Waals surface area contributed by atoms with Crippen LogP contribution in [0.25, 0.3) is 0 Å². The molecule has 86 valence electrons. The number of hydrogen-bond donors (Lipinski definition) is 1. The van der Waals surface area contributed by atoms with Crippen molar-refractivity contribution < 1.29 is 9.53 Å². The largest absolute Gasteiger partial charge is 0.469 e. The number of H-pyrrole nitrogens is 1. The van der Waals surface area contributed by atoms with E-state index in [1.54, 1.807) is 6.08 Å². The van der Waals surface area contributed by atoms with Crippen molar-refractivity contribution in [3.8, 4) is 0 Å². The second-order valence-corrected chi connectivity index (χ2v) is 3.90. The monoisotopic (exact) mass is 240 g/mol. The van der Waals surface area contributed by atoms with Gasteiger partial charge in [0.05, 0.1) is 19.2 Å². The highest BCUT2D eigenvalue weighted by molar-refractivity contribution is 7.99. The zero-order chi connectivity index (χ0) is 12.0. The van der Waals surface area contributed by atoms with Crippen molar-refractivity contribution in [1.29, 1.82) is 0 Å². The van der Waals surface area contributed by atoms with E-state index >= 15 is 0 Å². The van der Waals surface area contributed by atoms with Crippen molar-refractivity contribution in [2.45, 2.75) is 11.6 Å². The molecule has 1 N–H and O–H groups in total. The molecule has 1 heterocycles. The summed E-state index contributed by atoms with van der Waals surface area (Å²) in [4.78, 5) is 29.0. The van der Waals surface area contributed by atoms with Gasteiger partial charge < -0.3 is 9.72 Å². The van der Waals surface area contributed by atoms with Crippen LogP contribution in [0.2, 0.25) is 0 Å². The number of esters is 1. The Hall–Kier alpha value is -1.56. The topological polar surface area (TPSA) is 72.0 Å². The molecule has 0 atom stereocenters. The second-order valence-electron chi connectivity index (χ2n) is 2.89. The molecule has 0 saturated carbocycles. The SMILES string of the molecule is C=CCSc1nc(CC(=O)OC)cc(=O)[nH]1. The standard InChI is InChI=1S/C10H12N2O3S/c1-3-4-16-10-11-7(5-8(13)12-10)6-9(14)15-2/h3,5H,1,4,6H2,2H3,(H,11,12,13). The van der Waals surface area contributed by atoms with Crippen LogP contribution in [0.4, 0.5) is 0 Å². The van der Waals surface area contributed by atoms with Gasteiger partial charge in [0, 0.05) is 11.8 Å². The maximum absolute atomic E-state index is 11.3. The summed E-state index contributed by atoms with van der Waals surface area (Å²) in [7, 11) is 1.29. The lowest BCUT2D eigenvalue weighted by Gasteiger charge is -2.01. The third-order valence-corrected chi connectivity index (χ3v) is 2.53. The molecule has 0 unspecified atom stereocenters. The van der Waals surface area contributed by atoms with E-state index in [0.717, 1.165) is 0 Å². The van der Waals surface area contributed by atoms with E-state index in [4.69, 9.17) is 0 Å². The van der Waals surface area contributed by atoms with Crippen molar-refractivity contribution in [3.05, 3.63) is 34.8 Å². The Morgan fingerprint density at radius 2 is 2.50 bits per heavy atom. The molecule has 0 spiro atoms. The molecule has 0 radical (unpaired) electrons. The van der Waals surface area contributed by atoms with Crippen molar-refractivity contribution in [2.75, 3.05) is 12.9 Å². The van der Waals surface area contributed by atoms with Gasteiger partial charge in [-0.2, -0.15) is 0 Å². The van der Waals surface area contributed by atoms with Crippen LogP contribution in [0.5, 0.6) is 0 Å². The fourth-order valence-corrected chi connectivity index (χ4v) is 1.63. The summed E-state index contributed by atoms with van der Waals surface area (Å²) in [5, 5.41) is 0.478. The Morgan fingerprint density at radius 3 is 3.12 bits per heavy atom. The van der Waals surface area contributed by atoms with E-state index in [1.165, 1.54) is 24.9 Å². The average molecular weight is 240 g/mol. The number of methoxy groups -OCH3 is 1. The van der Waals surface area contributed by atoms with Gasteiger partial charge in [-0.1, -0.05) is 17.8 Å². The number of hydrogen-bond acceptors (Lipinski definition) is 5. The summed E-state index contributed by atoms with van der Waals surface area (Å²) < 4.78 is 4.50. The number of thioether (sulfide) groups is 1. The first-order chi connectivity index (χ1) is 7.65. The smallest absolute Gasteiger partial charge is 0.311 e. The van der Waals surface area contributed by atoms with Crippen molar-refractivity contribution >= 4 is 17.7 Å². The minimum Gasteiger partial charge on any atom is -0.469 e. The van der Waals surface area contributed by atoms with E-state index in [0.29, 0.717) is 16.6 Å². The van der Waals surface area contributed by atoms with Crippen LogP contribution in [0.3, 0.4) is 0 Å². The molecule has 0 aliphatic heterocycles. The molecular formula is C10H12N2O3S. The van der Waals surface area contributed by atoms with Gasteiger partial charge >= 0.3 is 5.97 Å². The van der Waals surface area contributed by atoms with Crippen LogP contribution in [0, 0.1) is 0 Å². The molecule has 0 aliphatic carbocycles. The fourth-order valence-electron chi connectivity index (χ4n) is 1.00. The number of carbonyl (C=O) groups is 1. The average Bonchev–Trinajstić information content (AvgIpc) is 2.25. The lowest BCUT2D eigenvalue weighted by molar-refractivity contribution is -0.139. The lowest BCUT2D eigenvalue weighted by atomic mass is 10.3. The number of ether oxygens (including phenoxy) is 1. The fraction of sp³-hybridized carbons (Fsp3) is 0.300. The van der Waals surface area contributed by atoms with Gasteiger partial charge in [-0.05, 0) is 0 Å². The van der Waals surface area contributed by atoms with Gasteiger partial charge in [-0.3, -0.25) is 9.59 Å². The predicted molar refractivity (Wildman–Crippen MR) is 61.5 cm³/mol. The van der Waals surface area contributed by atoms with Crippen LogP contribution >= 0.6 is 11.8 Å². The van der Waals surface area contributed by atoms with Gasteiger partial charge in [0.25, 0.3) is 5.56 Å². The summed E-state index contributed by atoms with van der Waals surface area (Å²) >= 11 is 1.35. The third-order valence-electron chi connectivity index (χ3n) is 1.66. The first kappa shape index (κ1) is 12.5. The minimum absolute atomic E-state index is 0.00205. The first-order valence-corrected chi connectivity index (χ1v) is 5.55. The number of nitrogens with zero attached hydrogens (tertiary/aromatic N) is 1. The molecular weight excluding hydrogens is 228 g/mol. The predicted octanol–water partition coefficient (Wildman–Crippen LogP) is 0.764. The minimum atomic E-state index is -0.419. The summed E-state index contributed by atoms with van der Waals surface area (Å²) in [6.45, 7) is 3.57. The Balaban J connectivity index is 2.85. The summed E-state index contributed by atoms with van der Waals surface area (Å²) in [6.07, 6.45) is 1.71. The molecule has 1 aromatic heterocycles. The molecule has 0 saturated heterocycles. The maximum Gasteiger partial charge on any atom is 0.311 e. The highest BCUT2D eigenvalue weighted by Gasteiger charge is 2.07. The Morgan fingerprint density at radius 1 is 1.75 bits per heavy atom. The van der Waals surface area contributed by atoms with Crippen molar-refractivity contribution in [2.24, 2.45) is 0 Å². The van der Waals surface area contributed by atoms with E-state index in [1.807, 2.05) is 0 Å². The summed E-state index contributed by atoms with van der Waals surface area (Å²) in [5.41, 5.74) is 0.127. The Kier molecular flexibility index (Phi) is 4.78. The highest BCUT2D eigenvalue weighted by Crippen LogP contribution is 2.11. The summed E-state index contributed by atoms with van der Waals surface area (Å²) in [6, 6.07) is 1.29. The lowest BCUT2D eigenvalue weighted by Crippen LogP contribution is -2.13. The molecule has 0 amide bonds. The molecule has 0 fully saturated rings. The number of rotatable bonds is 5. The van der Waals surface area contributed by atoms with Gasteiger partial charge in [0.15, 0.2) is 5.16 Å². The third kappa shape index (κ3) is 3.90. The van der Waals surface area contributed by atoms with E-state index in [9.17, 15) is 9.59 Å². The van der Waals surface area contributed by atoms with Crippen LogP contribution in [0.1, 0.15) is 5.69 Å². The molecule has 1 aromatic rings. The first-order valence-electron chi connectivity index (χ1n) is 4.56. The van der Waals surface area contributed by atoms with E-state index < -0.39 is 5.97 Å². The van der Waals surface area contributed by atoms with E-state index in [2.05, 4.69) is 21.3 Å². The van der Waals surface area contributed by atoms with Gasteiger partial charge in [0.2, 0.25) is 0 Å². The molecule has 0 aliphatic rings. The Labute approximate surface area is 96.9 Å². The summed E-state index contributed by atoms with van der Waals surface area (Å²) in [5.74, 6) is 0.225. The maximum atomic E-state index is 11.3. The zero-order valence-electron chi connectivity index (χ0n) is 8.86.